The van der Waals surface area contributed by atoms with Crippen LogP contribution in [-0.4, -0.2) is 18.1 Å². The smallest absolute Gasteiger partial charge is 0.134 e. The number of furan rings is 1. The summed E-state index contributed by atoms with van der Waals surface area (Å²) in [5, 5.41) is 4.78. The van der Waals surface area contributed by atoms with Gasteiger partial charge in [-0.1, -0.05) is 38.1 Å². The first-order chi connectivity index (χ1) is 13.2. The summed E-state index contributed by atoms with van der Waals surface area (Å²) in [7, 11) is 0. The Hall–Kier alpha value is -2.33. The minimum atomic E-state index is 0.811. The number of aryl methyl sites for hydroxylation is 1. The van der Waals surface area contributed by atoms with Crippen LogP contribution in [0, 0.1) is 5.92 Å². The maximum absolute atomic E-state index is 5.98. The molecule has 0 atom stereocenters. The van der Waals surface area contributed by atoms with Crippen LogP contribution in [0.1, 0.15) is 43.6 Å². The van der Waals surface area contributed by atoms with Gasteiger partial charge in [0.15, 0.2) is 0 Å². The lowest BCUT2D eigenvalue weighted by molar-refractivity contribution is 0.436. The predicted molar refractivity (Wildman–Crippen MR) is 111 cm³/mol. The van der Waals surface area contributed by atoms with Crippen molar-refractivity contribution in [2.45, 2.75) is 46.2 Å². The van der Waals surface area contributed by atoms with Crippen molar-refractivity contribution in [3.8, 4) is 0 Å². The van der Waals surface area contributed by atoms with Crippen LogP contribution in [-0.2, 0) is 19.5 Å². The Morgan fingerprint density at radius 3 is 2.67 bits per heavy atom. The highest BCUT2D eigenvalue weighted by Gasteiger charge is 2.16. The van der Waals surface area contributed by atoms with Crippen LogP contribution >= 0.6 is 0 Å². The van der Waals surface area contributed by atoms with Crippen LogP contribution in [0.2, 0.25) is 0 Å². The van der Waals surface area contributed by atoms with Gasteiger partial charge in [-0.2, -0.15) is 0 Å². The third-order valence-corrected chi connectivity index (χ3v) is 5.65. The van der Waals surface area contributed by atoms with E-state index in [9.17, 15) is 0 Å². The summed E-state index contributed by atoms with van der Waals surface area (Å²) in [4.78, 5) is 7.10. The van der Waals surface area contributed by atoms with E-state index in [1.54, 1.807) is 0 Å². The highest BCUT2D eigenvalue weighted by atomic mass is 16.3. The minimum absolute atomic E-state index is 0.811. The van der Waals surface area contributed by atoms with Crippen LogP contribution in [0.5, 0.6) is 0 Å². The number of rotatable bonds is 6. The molecule has 1 aliphatic heterocycles. The van der Waals surface area contributed by atoms with Crippen LogP contribution < -0.4 is 10.2 Å². The Kier molecular flexibility index (Phi) is 5.44. The second-order valence-corrected chi connectivity index (χ2v) is 7.65. The van der Waals surface area contributed by atoms with E-state index in [4.69, 9.17) is 9.40 Å². The molecule has 3 heterocycles. The number of para-hydroxylation sites is 1. The quantitative estimate of drug-likeness (QED) is 0.675. The van der Waals surface area contributed by atoms with Gasteiger partial charge in [-0.3, -0.25) is 0 Å². The maximum atomic E-state index is 5.98. The van der Waals surface area contributed by atoms with Crippen molar-refractivity contribution in [3.63, 3.8) is 0 Å². The summed E-state index contributed by atoms with van der Waals surface area (Å²) in [6.07, 6.45) is 5.46. The first kappa shape index (κ1) is 18.1. The van der Waals surface area contributed by atoms with Gasteiger partial charge in [0.2, 0.25) is 0 Å². The Bertz CT molecular complexity index is 876. The SMILES string of the molecule is CCc1oc2ccccc2c1CNCc1ccc(N2CCC(C)CC2)nc1. The number of nitrogens with zero attached hydrogens (tertiary/aromatic N) is 2. The summed E-state index contributed by atoms with van der Waals surface area (Å²) in [6, 6.07) is 12.6. The molecule has 0 spiro atoms. The normalized spacial score (nSPS) is 15.6. The topological polar surface area (TPSA) is 41.3 Å². The Morgan fingerprint density at radius 2 is 1.93 bits per heavy atom. The lowest BCUT2D eigenvalue weighted by Gasteiger charge is -2.31. The van der Waals surface area contributed by atoms with Crippen molar-refractivity contribution >= 4 is 16.8 Å². The summed E-state index contributed by atoms with van der Waals surface area (Å²) in [5.74, 6) is 3.04. The van der Waals surface area contributed by atoms with Crippen molar-refractivity contribution < 1.29 is 4.42 Å². The molecule has 1 fully saturated rings. The molecule has 1 aromatic carbocycles. The molecule has 0 bridgehead atoms. The Morgan fingerprint density at radius 1 is 1.11 bits per heavy atom. The van der Waals surface area contributed by atoms with E-state index in [1.807, 2.05) is 18.3 Å². The Balaban J connectivity index is 1.37. The average molecular weight is 364 g/mol. The second kappa shape index (κ2) is 8.13. The van der Waals surface area contributed by atoms with Crippen molar-refractivity contribution in [3.05, 3.63) is 59.5 Å². The molecule has 0 amide bonds. The molecule has 4 nitrogen and oxygen atoms in total. The standard InChI is InChI=1S/C23H29N3O/c1-3-21-20(19-6-4-5-7-22(19)27-21)16-24-14-18-8-9-23(25-15-18)26-12-10-17(2)11-13-26/h4-9,15,17,24H,3,10-14,16H2,1-2H3. The third kappa shape index (κ3) is 4.01. The Labute approximate surface area is 161 Å². The minimum Gasteiger partial charge on any atom is -0.461 e. The summed E-state index contributed by atoms with van der Waals surface area (Å²) in [5.41, 5.74) is 3.48. The molecular formula is C23H29N3O. The number of aromatic nitrogens is 1. The van der Waals surface area contributed by atoms with E-state index in [0.717, 1.165) is 55.7 Å². The number of benzene rings is 1. The fourth-order valence-corrected chi connectivity index (χ4v) is 3.91. The van der Waals surface area contributed by atoms with E-state index < -0.39 is 0 Å². The molecule has 27 heavy (non-hydrogen) atoms. The third-order valence-electron chi connectivity index (χ3n) is 5.65. The summed E-state index contributed by atoms with van der Waals surface area (Å²) in [6.45, 7) is 8.36. The van der Waals surface area contributed by atoms with E-state index in [2.05, 4.69) is 48.3 Å². The van der Waals surface area contributed by atoms with Crippen LogP contribution in [0.15, 0.2) is 47.0 Å². The number of hydrogen-bond donors (Lipinski definition) is 1. The predicted octanol–water partition coefficient (Wildman–Crippen LogP) is 4.92. The molecule has 0 radical (unpaired) electrons. The molecule has 0 aliphatic carbocycles. The molecule has 1 saturated heterocycles. The summed E-state index contributed by atoms with van der Waals surface area (Å²) >= 11 is 0. The highest BCUT2D eigenvalue weighted by Crippen LogP contribution is 2.26. The molecule has 0 unspecified atom stereocenters. The van der Waals surface area contributed by atoms with Gasteiger partial charge >= 0.3 is 0 Å². The van der Waals surface area contributed by atoms with Crippen molar-refractivity contribution in [2.24, 2.45) is 5.92 Å². The lowest BCUT2D eigenvalue weighted by atomic mass is 9.99. The number of piperidine rings is 1. The van der Waals surface area contributed by atoms with Crippen molar-refractivity contribution in [1.82, 2.24) is 10.3 Å². The second-order valence-electron chi connectivity index (χ2n) is 7.65. The van der Waals surface area contributed by atoms with E-state index >= 15 is 0 Å². The lowest BCUT2D eigenvalue weighted by Crippen LogP contribution is -2.33. The van der Waals surface area contributed by atoms with E-state index in [1.165, 1.54) is 29.4 Å². The largest absolute Gasteiger partial charge is 0.461 e. The summed E-state index contributed by atoms with van der Waals surface area (Å²) < 4.78 is 5.98. The maximum Gasteiger partial charge on any atom is 0.134 e. The van der Waals surface area contributed by atoms with Gasteiger partial charge in [0.25, 0.3) is 0 Å². The van der Waals surface area contributed by atoms with E-state index in [0.29, 0.717) is 0 Å². The zero-order valence-corrected chi connectivity index (χ0v) is 16.4. The average Bonchev–Trinajstić information content (AvgIpc) is 3.07. The fraction of sp³-hybridized carbons (Fsp3) is 0.435. The monoisotopic (exact) mass is 363 g/mol. The molecule has 1 aliphatic rings. The molecule has 142 valence electrons. The van der Waals surface area contributed by atoms with Gasteiger partial charge in [0, 0.05) is 49.7 Å². The van der Waals surface area contributed by atoms with E-state index in [-0.39, 0.29) is 0 Å². The molecule has 1 N–H and O–H groups in total. The van der Waals surface area contributed by atoms with Gasteiger partial charge in [-0.05, 0) is 36.5 Å². The molecule has 3 aromatic rings. The molecule has 0 saturated carbocycles. The number of anilines is 1. The molecular weight excluding hydrogens is 334 g/mol. The first-order valence-corrected chi connectivity index (χ1v) is 10.1. The van der Waals surface area contributed by atoms with Crippen molar-refractivity contribution in [2.75, 3.05) is 18.0 Å². The van der Waals surface area contributed by atoms with Crippen LogP contribution in [0.4, 0.5) is 5.82 Å². The first-order valence-electron chi connectivity index (χ1n) is 10.1. The van der Waals surface area contributed by atoms with Crippen LogP contribution in [0.25, 0.3) is 11.0 Å². The number of fused-ring (bicyclic) bond motifs is 1. The number of pyridine rings is 1. The zero-order valence-electron chi connectivity index (χ0n) is 16.4. The number of nitrogens with one attached hydrogen (secondary N) is 1. The number of hydrogen-bond acceptors (Lipinski definition) is 4. The fourth-order valence-electron chi connectivity index (χ4n) is 3.91. The van der Waals surface area contributed by atoms with Crippen molar-refractivity contribution in [1.29, 1.82) is 0 Å². The zero-order chi connectivity index (χ0) is 18.6. The molecule has 4 heteroatoms. The van der Waals surface area contributed by atoms with Gasteiger partial charge in [0.05, 0.1) is 0 Å². The van der Waals surface area contributed by atoms with Gasteiger partial charge in [-0.25, -0.2) is 4.98 Å². The van der Waals surface area contributed by atoms with Gasteiger partial charge in [0.1, 0.15) is 17.2 Å². The molecule has 2 aromatic heterocycles. The van der Waals surface area contributed by atoms with Crippen LogP contribution in [0.3, 0.4) is 0 Å². The van der Waals surface area contributed by atoms with Gasteiger partial charge < -0.3 is 14.6 Å². The highest BCUT2D eigenvalue weighted by molar-refractivity contribution is 5.82. The van der Waals surface area contributed by atoms with Gasteiger partial charge in [-0.15, -0.1) is 0 Å². The molecule has 4 rings (SSSR count).